The van der Waals surface area contributed by atoms with Gasteiger partial charge in [-0.25, -0.2) is 9.97 Å². The van der Waals surface area contributed by atoms with Crippen molar-refractivity contribution in [2.24, 2.45) is 0 Å². The largest absolute Gasteiger partial charge is 0.489 e. The number of fused-ring (bicyclic) bond motifs is 2. The molecule has 1 saturated heterocycles. The number of hydrogen-bond donors (Lipinski definition) is 2. The molecule has 1 aliphatic heterocycles. The summed E-state index contributed by atoms with van der Waals surface area (Å²) in [7, 11) is 0. The molecule has 2 N–H and O–H groups in total. The molecule has 0 spiro atoms. The zero-order chi connectivity index (χ0) is 24.6. The maximum Gasteiger partial charge on any atom is 0.161 e. The number of ether oxygens (including phenoxy) is 1. The number of aromatic amines is 2. The van der Waals surface area contributed by atoms with Crippen LogP contribution >= 0.6 is 0 Å². The van der Waals surface area contributed by atoms with Gasteiger partial charge in [-0.1, -0.05) is 6.42 Å². The van der Waals surface area contributed by atoms with E-state index in [2.05, 4.69) is 30.0 Å². The summed E-state index contributed by atoms with van der Waals surface area (Å²) in [6.45, 7) is 2.08. The average molecular weight is 495 g/mol. The second-order valence-corrected chi connectivity index (χ2v) is 10.1. The van der Waals surface area contributed by atoms with E-state index in [4.69, 9.17) is 14.7 Å². The number of piperidine rings is 1. The fourth-order valence-electron chi connectivity index (χ4n) is 5.62. The van der Waals surface area contributed by atoms with E-state index < -0.39 is 0 Å². The summed E-state index contributed by atoms with van der Waals surface area (Å²) in [5, 5.41) is 7.69. The lowest BCUT2D eigenvalue weighted by Crippen LogP contribution is -2.29. The monoisotopic (exact) mass is 494 g/mol. The number of hydrogen-bond acceptors (Lipinski definition) is 7. The summed E-state index contributed by atoms with van der Waals surface area (Å²) in [5.74, 6) is 1.48. The van der Waals surface area contributed by atoms with Crippen molar-refractivity contribution in [3.05, 3.63) is 43.0 Å². The molecule has 5 aromatic rings. The molecule has 0 aromatic carbocycles. The van der Waals surface area contributed by atoms with Crippen LogP contribution in [0.15, 0.2) is 43.0 Å². The number of anilines is 1. The van der Waals surface area contributed by atoms with Gasteiger partial charge in [0.05, 0.1) is 47.1 Å². The molecule has 1 saturated carbocycles. The van der Waals surface area contributed by atoms with Gasteiger partial charge in [-0.15, -0.1) is 0 Å². The molecule has 2 aliphatic rings. The molecule has 188 valence electrons. The SMILES string of the molecule is c1ncc(-c2ccc3[nH]nc(-c4nc5c(N6CCCCC6)cncc5[nH]4)c3n2)cc1OC1CCCCC1. The fraction of sp³-hybridized carbons (Fsp3) is 0.393. The van der Waals surface area contributed by atoms with Gasteiger partial charge in [-0.2, -0.15) is 5.10 Å². The van der Waals surface area contributed by atoms with Crippen LogP contribution in [0.2, 0.25) is 0 Å². The quantitative estimate of drug-likeness (QED) is 0.324. The Morgan fingerprint density at radius 2 is 1.65 bits per heavy atom. The molecule has 2 fully saturated rings. The lowest BCUT2D eigenvalue weighted by Gasteiger charge is -2.28. The lowest BCUT2D eigenvalue weighted by atomic mass is 9.98. The predicted molar refractivity (Wildman–Crippen MR) is 144 cm³/mol. The van der Waals surface area contributed by atoms with Crippen LogP contribution in [0.1, 0.15) is 51.4 Å². The smallest absolute Gasteiger partial charge is 0.161 e. The van der Waals surface area contributed by atoms with E-state index in [-0.39, 0.29) is 6.10 Å². The Kier molecular flexibility index (Phi) is 5.68. The van der Waals surface area contributed by atoms with Crippen molar-refractivity contribution in [3.63, 3.8) is 0 Å². The van der Waals surface area contributed by atoms with Crippen LogP contribution in [-0.4, -0.2) is 54.3 Å². The minimum Gasteiger partial charge on any atom is -0.489 e. The first-order valence-corrected chi connectivity index (χ1v) is 13.4. The highest BCUT2D eigenvalue weighted by atomic mass is 16.5. The van der Waals surface area contributed by atoms with Gasteiger partial charge in [-0.05, 0) is 63.1 Å². The maximum atomic E-state index is 6.24. The Labute approximate surface area is 214 Å². The number of imidazole rings is 1. The maximum absolute atomic E-state index is 6.24. The van der Waals surface area contributed by atoms with Crippen LogP contribution in [0.3, 0.4) is 0 Å². The predicted octanol–water partition coefficient (Wildman–Crippen LogP) is 5.66. The fourth-order valence-corrected chi connectivity index (χ4v) is 5.62. The minimum atomic E-state index is 0.277. The van der Waals surface area contributed by atoms with E-state index in [9.17, 15) is 0 Å². The highest BCUT2D eigenvalue weighted by Gasteiger charge is 2.20. The Morgan fingerprint density at radius 1 is 0.811 bits per heavy atom. The summed E-state index contributed by atoms with van der Waals surface area (Å²) < 4.78 is 6.24. The minimum absolute atomic E-state index is 0.277. The van der Waals surface area contributed by atoms with Crippen LogP contribution < -0.4 is 9.64 Å². The van der Waals surface area contributed by atoms with Crippen molar-refractivity contribution in [2.75, 3.05) is 18.0 Å². The van der Waals surface area contributed by atoms with E-state index in [1.54, 1.807) is 6.20 Å². The van der Waals surface area contributed by atoms with Gasteiger partial charge in [0.2, 0.25) is 0 Å². The molecule has 9 nitrogen and oxygen atoms in total. The van der Waals surface area contributed by atoms with Crippen molar-refractivity contribution in [1.82, 2.24) is 35.1 Å². The molecular formula is C28H30N8O. The molecule has 0 unspecified atom stereocenters. The first-order chi connectivity index (χ1) is 18.3. The van der Waals surface area contributed by atoms with Crippen molar-refractivity contribution in [1.29, 1.82) is 0 Å². The summed E-state index contributed by atoms with van der Waals surface area (Å²) in [6.07, 6.45) is 17.3. The Bertz CT molecular complexity index is 1540. The first-order valence-electron chi connectivity index (χ1n) is 13.4. The van der Waals surface area contributed by atoms with Crippen molar-refractivity contribution < 1.29 is 4.74 Å². The van der Waals surface area contributed by atoms with Crippen LogP contribution in [-0.2, 0) is 0 Å². The molecule has 0 atom stereocenters. The van der Waals surface area contributed by atoms with E-state index >= 15 is 0 Å². The van der Waals surface area contributed by atoms with Gasteiger partial charge in [0.15, 0.2) is 11.5 Å². The number of aromatic nitrogens is 7. The molecule has 0 bridgehead atoms. The van der Waals surface area contributed by atoms with E-state index in [1.165, 1.54) is 38.5 Å². The second kappa shape index (κ2) is 9.46. The number of nitrogens with zero attached hydrogens (tertiary/aromatic N) is 6. The number of pyridine rings is 3. The van der Waals surface area contributed by atoms with Crippen LogP contribution in [0, 0.1) is 0 Å². The zero-order valence-corrected chi connectivity index (χ0v) is 20.8. The Hall–Kier alpha value is -4.01. The number of H-pyrrole nitrogens is 2. The van der Waals surface area contributed by atoms with E-state index in [0.717, 1.165) is 70.7 Å². The molecule has 1 aliphatic carbocycles. The van der Waals surface area contributed by atoms with Gasteiger partial charge in [-0.3, -0.25) is 15.1 Å². The molecule has 0 radical (unpaired) electrons. The van der Waals surface area contributed by atoms with Crippen LogP contribution in [0.5, 0.6) is 5.75 Å². The normalized spacial score (nSPS) is 17.0. The number of nitrogens with one attached hydrogen (secondary N) is 2. The summed E-state index contributed by atoms with van der Waals surface area (Å²) in [6, 6.07) is 6.03. The average Bonchev–Trinajstić information content (AvgIpc) is 3.58. The summed E-state index contributed by atoms with van der Waals surface area (Å²) in [4.78, 5) is 24.7. The second-order valence-electron chi connectivity index (χ2n) is 10.1. The third kappa shape index (κ3) is 4.28. The van der Waals surface area contributed by atoms with E-state index in [0.29, 0.717) is 11.5 Å². The summed E-state index contributed by atoms with van der Waals surface area (Å²) >= 11 is 0. The van der Waals surface area contributed by atoms with Gasteiger partial charge in [0.1, 0.15) is 16.8 Å². The molecule has 0 amide bonds. The van der Waals surface area contributed by atoms with Gasteiger partial charge in [0.25, 0.3) is 0 Å². The van der Waals surface area contributed by atoms with Gasteiger partial charge < -0.3 is 14.6 Å². The highest BCUT2D eigenvalue weighted by Crippen LogP contribution is 2.32. The standard InChI is InChI=1S/C28H30N8O/c1-3-7-19(8-4-1)37-20-13-18(14-29-15-20)21-9-10-22-26(31-21)27(35-34-22)28-32-23-16-30-17-24(25(23)33-28)36-11-5-2-6-12-36/h9-10,13-17,19H,1-8,11-12H2,(H,32,33)(H,34,35). The zero-order valence-electron chi connectivity index (χ0n) is 20.8. The molecule has 9 heteroatoms. The number of rotatable bonds is 5. The topological polar surface area (TPSA) is 108 Å². The summed E-state index contributed by atoms with van der Waals surface area (Å²) in [5.41, 5.74) is 6.97. The molecular weight excluding hydrogens is 464 g/mol. The molecule has 5 aromatic heterocycles. The highest BCUT2D eigenvalue weighted by molar-refractivity contribution is 5.94. The van der Waals surface area contributed by atoms with Crippen molar-refractivity contribution in [2.45, 2.75) is 57.5 Å². The molecule has 37 heavy (non-hydrogen) atoms. The van der Waals surface area contributed by atoms with E-state index in [1.807, 2.05) is 36.8 Å². The molecule has 6 heterocycles. The van der Waals surface area contributed by atoms with Crippen LogP contribution in [0.25, 0.3) is 44.8 Å². The van der Waals surface area contributed by atoms with Gasteiger partial charge in [0, 0.05) is 24.8 Å². The van der Waals surface area contributed by atoms with Crippen molar-refractivity contribution >= 4 is 27.8 Å². The van der Waals surface area contributed by atoms with Crippen molar-refractivity contribution in [3.8, 4) is 28.5 Å². The lowest BCUT2D eigenvalue weighted by molar-refractivity contribution is 0.154. The Morgan fingerprint density at radius 3 is 2.54 bits per heavy atom. The Balaban J connectivity index is 1.23. The van der Waals surface area contributed by atoms with Gasteiger partial charge >= 0.3 is 0 Å². The third-order valence-corrected chi connectivity index (χ3v) is 7.57. The molecule has 7 rings (SSSR count). The third-order valence-electron chi connectivity index (χ3n) is 7.57. The van der Waals surface area contributed by atoms with Crippen LogP contribution in [0.4, 0.5) is 5.69 Å². The first kappa shape index (κ1) is 22.2.